The molecule has 2 aromatic rings. The molecular formula is C21H22Cl2F3N3O4S. The molecule has 0 aliphatic carbocycles. The minimum Gasteiger partial charge on any atom is -0.394 e. The summed E-state index contributed by atoms with van der Waals surface area (Å²) in [6, 6.07) is 6.14. The number of ether oxygens (including phenoxy) is 1. The van der Waals surface area contributed by atoms with Crippen LogP contribution in [-0.4, -0.2) is 64.1 Å². The number of nitrogens with zero attached hydrogens (tertiary/aromatic N) is 2. The van der Waals surface area contributed by atoms with Crippen LogP contribution in [0.5, 0.6) is 0 Å². The lowest BCUT2D eigenvalue weighted by atomic mass is 10.1. The summed E-state index contributed by atoms with van der Waals surface area (Å²) in [6.07, 6.45) is -2.29. The van der Waals surface area contributed by atoms with E-state index < -0.39 is 47.8 Å². The zero-order valence-electron chi connectivity index (χ0n) is 17.7. The molecule has 2 aromatic carbocycles. The average Bonchev–Trinajstić information content (AvgIpc) is 2.79. The smallest absolute Gasteiger partial charge is 0.194 e. The summed E-state index contributed by atoms with van der Waals surface area (Å²) in [5.41, 5.74) is -1.36. The summed E-state index contributed by atoms with van der Waals surface area (Å²) in [5, 5.41) is 33.9. The number of aliphatic hydroxyl groups excluding tert-OH is 3. The number of hydrogen-bond donors (Lipinski definition) is 4. The van der Waals surface area contributed by atoms with Crippen LogP contribution >= 0.6 is 35.0 Å². The van der Waals surface area contributed by atoms with Crippen LogP contribution in [0.1, 0.15) is 12.5 Å². The van der Waals surface area contributed by atoms with E-state index in [1.165, 1.54) is 6.92 Å². The summed E-state index contributed by atoms with van der Waals surface area (Å²) < 4.78 is 45.9. The number of hydrazone groups is 1. The fraction of sp³-hybridized carbons (Fsp3) is 0.333. The number of thioether (sulfide) groups is 1. The molecule has 0 spiro atoms. The fourth-order valence-corrected chi connectivity index (χ4v) is 3.99. The van der Waals surface area contributed by atoms with Crippen molar-refractivity contribution in [3.63, 3.8) is 0 Å². The molecule has 0 aromatic heterocycles. The second kappa shape index (κ2) is 13.3. The van der Waals surface area contributed by atoms with Crippen molar-refractivity contribution in [2.24, 2.45) is 15.9 Å². The molecule has 0 heterocycles. The minimum atomic E-state index is -1.64. The van der Waals surface area contributed by atoms with Gasteiger partial charge in [-0.15, -0.1) is 0 Å². The van der Waals surface area contributed by atoms with Gasteiger partial charge in [0.2, 0.25) is 0 Å². The van der Waals surface area contributed by atoms with Gasteiger partial charge in [0.15, 0.2) is 17.5 Å². The molecule has 0 radical (unpaired) electrons. The van der Waals surface area contributed by atoms with Gasteiger partial charge in [0.05, 0.1) is 29.3 Å². The predicted octanol–water partition coefficient (Wildman–Crippen LogP) is 3.38. The third-order valence-electron chi connectivity index (χ3n) is 4.41. The van der Waals surface area contributed by atoms with Crippen molar-refractivity contribution < 1.29 is 33.2 Å². The van der Waals surface area contributed by atoms with Crippen molar-refractivity contribution in [3.8, 4) is 0 Å². The van der Waals surface area contributed by atoms with Gasteiger partial charge in [-0.2, -0.15) is 5.10 Å². The fourth-order valence-electron chi connectivity index (χ4n) is 2.58. The van der Waals surface area contributed by atoms with Crippen LogP contribution in [0, 0.1) is 17.5 Å². The van der Waals surface area contributed by atoms with Crippen molar-refractivity contribution in [1.29, 1.82) is 0 Å². The first-order valence-corrected chi connectivity index (χ1v) is 11.4. The first kappa shape index (κ1) is 28.4. The second-order valence-corrected chi connectivity index (χ2v) is 8.98. The van der Waals surface area contributed by atoms with Crippen LogP contribution in [-0.2, 0) is 4.74 Å². The van der Waals surface area contributed by atoms with Gasteiger partial charge in [0.1, 0.15) is 23.4 Å². The number of halogens is 5. The maximum absolute atomic E-state index is 13.5. The summed E-state index contributed by atoms with van der Waals surface area (Å²) in [5.74, 6) is 0.764. The zero-order valence-corrected chi connectivity index (χ0v) is 20.0. The molecule has 0 saturated carbocycles. The van der Waals surface area contributed by atoms with Gasteiger partial charge in [-0.25, -0.2) is 13.2 Å². The van der Waals surface area contributed by atoms with Crippen LogP contribution in [0.2, 0.25) is 10.0 Å². The van der Waals surface area contributed by atoms with Gasteiger partial charge in [-0.3, -0.25) is 4.99 Å². The Bertz CT molecular complexity index is 1020. The third kappa shape index (κ3) is 7.84. The maximum atomic E-state index is 13.5. The lowest BCUT2D eigenvalue weighted by Gasteiger charge is -2.28. The molecule has 0 bridgehead atoms. The molecule has 0 aliphatic heterocycles. The maximum Gasteiger partial charge on any atom is 0.194 e. The second-order valence-electron chi connectivity index (χ2n) is 6.99. The van der Waals surface area contributed by atoms with Crippen LogP contribution in [0.3, 0.4) is 0 Å². The molecule has 0 amide bonds. The van der Waals surface area contributed by atoms with Gasteiger partial charge in [0.25, 0.3) is 0 Å². The van der Waals surface area contributed by atoms with E-state index in [2.05, 4.69) is 10.1 Å². The van der Waals surface area contributed by atoms with E-state index in [0.717, 1.165) is 18.0 Å². The lowest BCUT2D eigenvalue weighted by Crippen LogP contribution is -2.39. The monoisotopic (exact) mass is 539 g/mol. The van der Waals surface area contributed by atoms with Gasteiger partial charge < -0.3 is 25.9 Å². The van der Waals surface area contributed by atoms with Crippen LogP contribution < -0.4 is 5.84 Å². The Morgan fingerprint density at radius 3 is 2.32 bits per heavy atom. The number of hydrogen-bond acceptors (Lipinski definition) is 8. The molecule has 0 saturated heterocycles. The molecule has 7 nitrogen and oxygen atoms in total. The van der Waals surface area contributed by atoms with E-state index in [-0.39, 0.29) is 22.8 Å². The number of rotatable bonds is 11. The highest BCUT2D eigenvalue weighted by Crippen LogP contribution is 2.32. The molecular weight excluding hydrogens is 518 g/mol. The van der Waals surface area contributed by atoms with Crippen LogP contribution in [0.4, 0.5) is 13.2 Å². The van der Waals surface area contributed by atoms with E-state index in [9.17, 15) is 28.5 Å². The zero-order chi connectivity index (χ0) is 25.4. The van der Waals surface area contributed by atoms with Crippen molar-refractivity contribution >= 4 is 46.9 Å². The number of aliphatic hydroxyl groups is 3. The Hall–Kier alpha value is -1.86. The van der Waals surface area contributed by atoms with Crippen LogP contribution in [0.15, 0.2) is 45.3 Å². The molecule has 0 aliphatic rings. The summed E-state index contributed by atoms with van der Waals surface area (Å²) >= 11 is 13.0. The summed E-state index contributed by atoms with van der Waals surface area (Å²) in [7, 11) is 0. The van der Waals surface area contributed by atoms with Gasteiger partial charge >= 0.3 is 0 Å². The van der Waals surface area contributed by atoms with Gasteiger partial charge in [0, 0.05) is 16.7 Å². The number of benzene rings is 2. The third-order valence-corrected chi connectivity index (χ3v) is 6.33. The van der Waals surface area contributed by atoms with Crippen LogP contribution in [0.25, 0.3) is 0 Å². The van der Waals surface area contributed by atoms with Crippen molar-refractivity contribution in [1.82, 2.24) is 0 Å². The molecule has 0 fully saturated rings. The largest absolute Gasteiger partial charge is 0.394 e. The van der Waals surface area contributed by atoms with Gasteiger partial charge in [-0.1, -0.05) is 35.0 Å². The molecule has 34 heavy (non-hydrogen) atoms. The Morgan fingerprint density at radius 2 is 1.79 bits per heavy atom. The molecule has 2 rings (SSSR count). The van der Waals surface area contributed by atoms with E-state index in [1.54, 1.807) is 18.2 Å². The summed E-state index contributed by atoms with van der Waals surface area (Å²) in [6.45, 7) is 0.608. The van der Waals surface area contributed by atoms with E-state index in [1.807, 2.05) is 0 Å². The average molecular weight is 540 g/mol. The predicted molar refractivity (Wildman–Crippen MR) is 126 cm³/mol. The van der Waals surface area contributed by atoms with Crippen molar-refractivity contribution in [2.75, 3.05) is 13.2 Å². The van der Waals surface area contributed by atoms with E-state index in [0.29, 0.717) is 22.1 Å². The lowest BCUT2D eigenvalue weighted by molar-refractivity contribution is -0.0925. The highest BCUT2D eigenvalue weighted by molar-refractivity contribution is 7.99. The molecule has 5 N–H and O–H groups in total. The van der Waals surface area contributed by atoms with E-state index in [4.69, 9.17) is 33.8 Å². The molecule has 13 heteroatoms. The van der Waals surface area contributed by atoms with Crippen molar-refractivity contribution in [2.45, 2.75) is 35.6 Å². The SMILES string of the molecule is CC(O)C(CO)OC(Sc1ccc(Cl)c(Cl)c1)C(O)CN=C/C(=N\N)c1cc(F)c(F)c(F)c1. The Balaban J connectivity index is 2.20. The number of aliphatic imine (C=N–C) groups is 1. The molecule has 186 valence electrons. The normalized spacial score (nSPS) is 16.0. The highest BCUT2D eigenvalue weighted by Gasteiger charge is 2.27. The first-order chi connectivity index (χ1) is 16.1. The number of nitrogens with two attached hydrogens (primary N) is 1. The first-order valence-electron chi connectivity index (χ1n) is 9.74. The topological polar surface area (TPSA) is 121 Å². The highest BCUT2D eigenvalue weighted by atomic mass is 35.5. The molecule has 4 atom stereocenters. The quantitative estimate of drug-likeness (QED) is 0.0867. The Kier molecular flexibility index (Phi) is 11.1. The Morgan fingerprint density at radius 1 is 1.15 bits per heavy atom. The van der Waals surface area contributed by atoms with E-state index >= 15 is 0 Å². The minimum absolute atomic E-state index is 0.162. The Labute approximate surface area is 208 Å². The summed E-state index contributed by atoms with van der Waals surface area (Å²) in [4.78, 5) is 4.56. The van der Waals surface area contributed by atoms with Crippen molar-refractivity contribution in [3.05, 3.63) is 63.4 Å². The standard InChI is InChI=1S/C21H22Cl2F3N3O4S/c1-10(31)19(9-30)33-21(34-12-2-3-13(22)14(23)6-12)18(32)8-28-7-17(29-27)11-4-15(24)20(26)16(25)5-11/h2-7,10,18-19,21,30-32H,8-9,27H2,1H3/b28-7?,29-17+. The van der Waals surface area contributed by atoms with Gasteiger partial charge in [-0.05, 0) is 37.3 Å². The molecule has 4 unspecified atom stereocenters.